The smallest absolute Gasteiger partial charge is 0.284 e. The van der Waals surface area contributed by atoms with E-state index in [1.807, 2.05) is 43.3 Å². The minimum atomic E-state index is -0.592. The molecule has 3 aromatic carbocycles. The van der Waals surface area contributed by atoms with E-state index < -0.39 is 17.3 Å². The molecule has 2 aromatic heterocycles. The fourth-order valence-electron chi connectivity index (χ4n) is 4.24. The molecule has 0 aliphatic rings. The molecule has 5 aromatic rings. The zero-order valence-corrected chi connectivity index (χ0v) is 19.7. The van der Waals surface area contributed by atoms with Crippen LogP contribution < -0.4 is 11.3 Å². The van der Waals surface area contributed by atoms with Crippen molar-refractivity contribution in [2.75, 3.05) is 14.1 Å². The normalized spacial score (nSPS) is 11.3. The minimum absolute atomic E-state index is 0.0712. The summed E-state index contributed by atoms with van der Waals surface area (Å²) in [4.78, 5) is 35.6. The molecule has 36 heavy (non-hydrogen) atoms. The third-order valence-electron chi connectivity index (χ3n) is 5.90. The number of imidazole rings is 1. The molecule has 0 spiro atoms. The van der Waals surface area contributed by atoms with Crippen LogP contribution in [0.25, 0.3) is 33.7 Å². The molecule has 0 aliphatic carbocycles. The Hall–Kier alpha value is -4.63. The zero-order chi connectivity index (χ0) is 25.4. The number of benzene rings is 3. The van der Waals surface area contributed by atoms with E-state index in [1.54, 1.807) is 36.4 Å². The van der Waals surface area contributed by atoms with Crippen molar-refractivity contribution in [3.63, 3.8) is 0 Å². The number of halogens is 1. The highest BCUT2D eigenvalue weighted by Gasteiger charge is 2.17. The summed E-state index contributed by atoms with van der Waals surface area (Å²) in [5.41, 5.74) is 8.82. The molecule has 0 fully saturated rings. The van der Waals surface area contributed by atoms with Gasteiger partial charge in [0.05, 0.1) is 5.69 Å². The molecule has 0 unspecified atom stereocenters. The van der Waals surface area contributed by atoms with E-state index in [0.29, 0.717) is 17.8 Å². The van der Waals surface area contributed by atoms with Crippen LogP contribution in [-0.4, -0.2) is 44.0 Å². The van der Waals surface area contributed by atoms with Crippen LogP contribution in [0.5, 0.6) is 0 Å². The molecule has 0 saturated heterocycles. The summed E-state index contributed by atoms with van der Waals surface area (Å²) in [7, 11) is 3.95. The molecule has 2 heterocycles. The SMILES string of the molecule is CN(C)Cc1ccccc1-c1ccc(-n2cnc3ncn(-c4cccc(C(N)=O)c4)c3c2=O)c(F)c1. The summed E-state index contributed by atoms with van der Waals surface area (Å²) >= 11 is 0. The fraction of sp³-hybridized carbons (Fsp3) is 0.111. The molecule has 0 bridgehead atoms. The predicted molar refractivity (Wildman–Crippen MR) is 136 cm³/mol. The van der Waals surface area contributed by atoms with Crippen LogP contribution in [0.4, 0.5) is 4.39 Å². The van der Waals surface area contributed by atoms with Gasteiger partial charge in [-0.15, -0.1) is 0 Å². The van der Waals surface area contributed by atoms with Crippen LogP contribution in [0, 0.1) is 5.82 Å². The van der Waals surface area contributed by atoms with Crippen LogP contribution in [0.15, 0.2) is 84.2 Å². The van der Waals surface area contributed by atoms with Crippen LogP contribution >= 0.6 is 0 Å². The molecule has 5 rings (SSSR count). The molecule has 0 atom stereocenters. The highest BCUT2D eigenvalue weighted by Crippen LogP contribution is 2.27. The van der Waals surface area contributed by atoms with E-state index in [4.69, 9.17) is 5.73 Å². The Morgan fingerprint density at radius 2 is 1.72 bits per heavy atom. The maximum absolute atomic E-state index is 15.4. The monoisotopic (exact) mass is 482 g/mol. The van der Waals surface area contributed by atoms with Gasteiger partial charge in [0, 0.05) is 17.8 Å². The first kappa shape index (κ1) is 23.1. The number of nitrogens with zero attached hydrogens (tertiary/aromatic N) is 5. The first-order chi connectivity index (χ1) is 17.3. The number of hydrogen-bond donors (Lipinski definition) is 1. The number of carbonyl (C=O) groups excluding carboxylic acids is 1. The van der Waals surface area contributed by atoms with Crippen LogP contribution in [0.2, 0.25) is 0 Å². The number of hydrogen-bond acceptors (Lipinski definition) is 5. The maximum atomic E-state index is 15.4. The average Bonchev–Trinajstić information content (AvgIpc) is 3.30. The Bertz CT molecular complexity index is 1670. The van der Waals surface area contributed by atoms with Crippen LogP contribution in [0.1, 0.15) is 15.9 Å². The molecule has 0 radical (unpaired) electrons. The Labute approximate surface area is 206 Å². The minimum Gasteiger partial charge on any atom is -0.366 e. The average molecular weight is 483 g/mol. The highest BCUT2D eigenvalue weighted by atomic mass is 19.1. The fourth-order valence-corrected chi connectivity index (χ4v) is 4.24. The van der Waals surface area contributed by atoms with E-state index in [2.05, 4.69) is 9.97 Å². The summed E-state index contributed by atoms with van der Waals surface area (Å²) in [5, 5.41) is 0. The number of carbonyl (C=O) groups is 1. The Balaban J connectivity index is 1.61. The molecule has 9 heteroatoms. The molecular formula is C27H23FN6O2. The lowest BCUT2D eigenvalue weighted by molar-refractivity contribution is 0.1000. The van der Waals surface area contributed by atoms with Gasteiger partial charge in [-0.1, -0.05) is 36.4 Å². The lowest BCUT2D eigenvalue weighted by Crippen LogP contribution is -2.21. The van der Waals surface area contributed by atoms with Gasteiger partial charge in [0.2, 0.25) is 5.91 Å². The van der Waals surface area contributed by atoms with E-state index >= 15 is 4.39 Å². The molecule has 0 saturated carbocycles. The van der Waals surface area contributed by atoms with Gasteiger partial charge < -0.3 is 10.6 Å². The van der Waals surface area contributed by atoms with Crippen molar-refractivity contribution in [2.24, 2.45) is 5.73 Å². The number of nitrogens with two attached hydrogens (primary N) is 1. The van der Waals surface area contributed by atoms with E-state index in [9.17, 15) is 9.59 Å². The first-order valence-electron chi connectivity index (χ1n) is 11.2. The van der Waals surface area contributed by atoms with Gasteiger partial charge in [-0.3, -0.25) is 18.7 Å². The van der Waals surface area contributed by atoms with Gasteiger partial charge in [-0.05, 0) is 61.1 Å². The van der Waals surface area contributed by atoms with Gasteiger partial charge in [0.15, 0.2) is 11.2 Å². The lowest BCUT2D eigenvalue weighted by atomic mass is 9.99. The standard InChI is InChI=1S/C27H23FN6O2/c1-32(2)14-19-6-3-4-9-21(19)17-10-11-23(22(28)13-17)34-16-31-26-24(27(34)36)33(15-30-26)20-8-5-7-18(12-20)25(29)35/h3-13,15-16H,14H2,1-2H3,(H2,29,35). The summed E-state index contributed by atoms with van der Waals surface area (Å²) in [5.74, 6) is -1.15. The molecule has 2 N–H and O–H groups in total. The largest absolute Gasteiger partial charge is 0.366 e. The maximum Gasteiger partial charge on any atom is 0.284 e. The van der Waals surface area contributed by atoms with Gasteiger partial charge in [0.25, 0.3) is 5.56 Å². The number of aromatic nitrogens is 4. The van der Waals surface area contributed by atoms with E-state index in [-0.39, 0.29) is 22.4 Å². The van der Waals surface area contributed by atoms with Gasteiger partial charge in [-0.25, -0.2) is 14.4 Å². The second-order valence-corrected chi connectivity index (χ2v) is 8.68. The second kappa shape index (κ2) is 9.20. The van der Waals surface area contributed by atoms with Crippen molar-refractivity contribution in [1.29, 1.82) is 0 Å². The molecular weight excluding hydrogens is 459 g/mol. The zero-order valence-electron chi connectivity index (χ0n) is 19.7. The van der Waals surface area contributed by atoms with Crippen molar-refractivity contribution in [3.8, 4) is 22.5 Å². The van der Waals surface area contributed by atoms with E-state index in [0.717, 1.165) is 15.7 Å². The number of fused-ring (bicyclic) bond motifs is 1. The summed E-state index contributed by atoms with van der Waals surface area (Å²) in [6, 6.07) is 19.1. The second-order valence-electron chi connectivity index (χ2n) is 8.68. The van der Waals surface area contributed by atoms with Crippen molar-refractivity contribution < 1.29 is 9.18 Å². The summed E-state index contributed by atoms with van der Waals surface area (Å²) < 4.78 is 18.1. The third-order valence-corrected chi connectivity index (χ3v) is 5.90. The summed E-state index contributed by atoms with van der Waals surface area (Å²) in [6.07, 6.45) is 2.70. The quantitative estimate of drug-likeness (QED) is 0.399. The van der Waals surface area contributed by atoms with Gasteiger partial charge in [-0.2, -0.15) is 0 Å². The van der Waals surface area contributed by atoms with Crippen molar-refractivity contribution >= 4 is 17.1 Å². The Morgan fingerprint density at radius 1 is 0.972 bits per heavy atom. The molecule has 0 aliphatic heterocycles. The van der Waals surface area contributed by atoms with E-state index in [1.165, 1.54) is 23.3 Å². The number of amides is 1. The van der Waals surface area contributed by atoms with Gasteiger partial charge >= 0.3 is 0 Å². The lowest BCUT2D eigenvalue weighted by Gasteiger charge is -2.15. The number of rotatable bonds is 6. The Kier molecular flexibility index (Phi) is 5.91. The number of primary amides is 1. The third kappa shape index (κ3) is 4.16. The van der Waals surface area contributed by atoms with Gasteiger partial charge in [0.1, 0.15) is 18.5 Å². The summed E-state index contributed by atoms with van der Waals surface area (Å²) in [6.45, 7) is 0.709. The molecule has 1 amide bonds. The molecule has 180 valence electrons. The van der Waals surface area contributed by atoms with Crippen molar-refractivity contribution in [1.82, 2.24) is 24.0 Å². The topological polar surface area (TPSA) is 99.0 Å². The van der Waals surface area contributed by atoms with Crippen molar-refractivity contribution in [3.05, 3.63) is 107 Å². The van der Waals surface area contributed by atoms with Crippen LogP contribution in [-0.2, 0) is 6.54 Å². The highest BCUT2D eigenvalue weighted by molar-refractivity contribution is 5.93. The first-order valence-corrected chi connectivity index (χ1v) is 11.2. The van der Waals surface area contributed by atoms with Crippen molar-refractivity contribution in [2.45, 2.75) is 6.54 Å². The molecule has 8 nitrogen and oxygen atoms in total. The Morgan fingerprint density at radius 3 is 2.44 bits per heavy atom. The predicted octanol–water partition coefficient (Wildman–Crippen LogP) is 3.54. The van der Waals surface area contributed by atoms with Crippen LogP contribution in [0.3, 0.4) is 0 Å².